The Hall–Kier alpha value is -2.26. The third-order valence-electron chi connectivity index (χ3n) is 4.48. The van der Waals surface area contributed by atoms with E-state index in [-0.39, 0.29) is 17.8 Å². The number of carbonyl (C=O) groups is 1. The second kappa shape index (κ2) is 6.33. The summed E-state index contributed by atoms with van der Waals surface area (Å²) in [6.45, 7) is 2.62. The van der Waals surface area contributed by atoms with E-state index in [0.29, 0.717) is 32.8 Å². The fourth-order valence-electron chi connectivity index (χ4n) is 3.34. The van der Waals surface area contributed by atoms with E-state index >= 15 is 0 Å². The van der Waals surface area contributed by atoms with Gasteiger partial charge >= 0.3 is 0 Å². The second-order valence-corrected chi connectivity index (χ2v) is 6.24. The van der Waals surface area contributed by atoms with Crippen molar-refractivity contribution in [2.75, 3.05) is 26.3 Å². The molecule has 1 amide bonds. The topological polar surface area (TPSA) is 95.5 Å². The number of hydrogen-bond donors (Lipinski definition) is 0. The lowest BCUT2D eigenvalue weighted by Gasteiger charge is -2.31. The molecule has 2 aromatic rings. The van der Waals surface area contributed by atoms with Gasteiger partial charge < -0.3 is 18.9 Å². The summed E-state index contributed by atoms with van der Waals surface area (Å²) < 4.78 is 18.8. The molecule has 0 radical (unpaired) electrons. The summed E-state index contributed by atoms with van der Waals surface area (Å²) in [5.41, 5.74) is -0.475. The van der Waals surface area contributed by atoms with Crippen LogP contribution in [0.5, 0.6) is 0 Å². The molecular formula is C15H19N5O4. The van der Waals surface area contributed by atoms with E-state index in [1.807, 2.05) is 0 Å². The van der Waals surface area contributed by atoms with E-state index in [2.05, 4.69) is 15.2 Å². The summed E-state index contributed by atoms with van der Waals surface area (Å²) in [7, 11) is 0. The lowest BCUT2D eigenvalue weighted by atomic mass is 10.00. The Labute approximate surface area is 138 Å². The molecule has 4 heterocycles. The van der Waals surface area contributed by atoms with Crippen LogP contribution in [-0.4, -0.2) is 68.7 Å². The molecule has 2 saturated heterocycles. The van der Waals surface area contributed by atoms with Crippen molar-refractivity contribution in [1.29, 1.82) is 0 Å². The van der Waals surface area contributed by atoms with Crippen molar-refractivity contribution in [2.24, 2.45) is 0 Å². The van der Waals surface area contributed by atoms with Crippen molar-refractivity contribution >= 4 is 5.91 Å². The molecule has 4 rings (SSSR count). The first-order valence-corrected chi connectivity index (χ1v) is 8.02. The van der Waals surface area contributed by atoms with Gasteiger partial charge in [-0.15, -0.1) is 0 Å². The third kappa shape index (κ3) is 3.04. The van der Waals surface area contributed by atoms with E-state index in [0.717, 1.165) is 12.8 Å². The zero-order valence-electron chi connectivity index (χ0n) is 13.2. The van der Waals surface area contributed by atoms with E-state index < -0.39 is 5.60 Å². The average Bonchev–Trinajstić information content (AvgIpc) is 3.30. The minimum atomic E-state index is -0.475. The SMILES string of the molecule is O=C(c1ccno1)N1CCOC[C@]2(CC[C@H](Cn3cncn3)O2)C1. The Balaban J connectivity index is 1.45. The number of ether oxygens (including phenoxy) is 2. The van der Waals surface area contributed by atoms with Crippen LogP contribution in [0.2, 0.25) is 0 Å². The quantitative estimate of drug-likeness (QED) is 0.800. The largest absolute Gasteiger partial charge is 0.377 e. The molecule has 1 spiro atoms. The third-order valence-corrected chi connectivity index (χ3v) is 4.48. The van der Waals surface area contributed by atoms with Crippen LogP contribution in [-0.2, 0) is 16.0 Å². The number of hydrogen-bond acceptors (Lipinski definition) is 7. The van der Waals surface area contributed by atoms with Crippen LogP contribution in [0.25, 0.3) is 0 Å². The zero-order valence-corrected chi connectivity index (χ0v) is 13.2. The molecule has 0 N–H and O–H groups in total. The molecule has 0 saturated carbocycles. The lowest BCUT2D eigenvalue weighted by Crippen LogP contribution is -2.46. The maximum atomic E-state index is 12.6. The molecule has 2 aliphatic heterocycles. The molecule has 9 nitrogen and oxygen atoms in total. The van der Waals surface area contributed by atoms with Crippen molar-refractivity contribution in [2.45, 2.75) is 31.1 Å². The van der Waals surface area contributed by atoms with Gasteiger partial charge in [0.25, 0.3) is 5.91 Å². The van der Waals surface area contributed by atoms with Crippen molar-refractivity contribution in [3.8, 4) is 0 Å². The van der Waals surface area contributed by atoms with Crippen LogP contribution in [0.4, 0.5) is 0 Å². The minimum absolute atomic E-state index is 0.0376. The smallest absolute Gasteiger partial charge is 0.292 e. The van der Waals surface area contributed by atoms with Crippen LogP contribution in [0, 0.1) is 0 Å². The molecule has 2 aliphatic rings. The first kappa shape index (κ1) is 15.3. The van der Waals surface area contributed by atoms with E-state index in [1.54, 1.807) is 22.0 Å². The van der Waals surface area contributed by atoms with Gasteiger partial charge in [0.1, 0.15) is 18.3 Å². The Morgan fingerprint density at radius 2 is 2.42 bits per heavy atom. The summed E-state index contributed by atoms with van der Waals surface area (Å²) in [5.74, 6) is 0.0601. The van der Waals surface area contributed by atoms with Gasteiger partial charge in [-0.1, -0.05) is 5.16 Å². The van der Waals surface area contributed by atoms with Crippen LogP contribution >= 0.6 is 0 Å². The normalized spacial score (nSPS) is 27.5. The van der Waals surface area contributed by atoms with Crippen LogP contribution in [0.3, 0.4) is 0 Å². The molecule has 0 bridgehead atoms. The number of nitrogens with zero attached hydrogens (tertiary/aromatic N) is 5. The van der Waals surface area contributed by atoms with Gasteiger partial charge in [0, 0.05) is 12.6 Å². The monoisotopic (exact) mass is 333 g/mol. The first-order chi connectivity index (χ1) is 11.7. The molecule has 0 aromatic carbocycles. The predicted molar refractivity (Wildman–Crippen MR) is 80.1 cm³/mol. The molecule has 0 unspecified atom stereocenters. The van der Waals surface area contributed by atoms with Gasteiger partial charge in [0.2, 0.25) is 5.76 Å². The Kier molecular flexibility index (Phi) is 4.03. The lowest BCUT2D eigenvalue weighted by molar-refractivity contribution is -0.0882. The van der Waals surface area contributed by atoms with Gasteiger partial charge in [0.05, 0.1) is 38.6 Å². The Morgan fingerprint density at radius 3 is 3.21 bits per heavy atom. The maximum Gasteiger partial charge on any atom is 0.292 e. The number of carbonyl (C=O) groups excluding carboxylic acids is 1. The van der Waals surface area contributed by atoms with Crippen molar-refractivity contribution in [1.82, 2.24) is 24.8 Å². The maximum absolute atomic E-state index is 12.6. The summed E-state index contributed by atoms with van der Waals surface area (Å²) >= 11 is 0. The van der Waals surface area contributed by atoms with Crippen LogP contribution in [0.1, 0.15) is 23.4 Å². The van der Waals surface area contributed by atoms with Gasteiger partial charge in [-0.3, -0.25) is 9.48 Å². The molecular weight excluding hydrogens is 314 g/mol. The number of aromatic nitrogens is 4. The van der Waals surface area contributed by atoms with E-state index in [1.165, 1.54) is 12.5 Å². The van der Waals surface area contributed by atoms with Crippen molar-refractivity contribution in [3.63, 3.8) is 0 Å². The highest BCUT2D eigenvalue weighted by atomic mass is 16.6. The van der Waals surface area contributed by atoms with Gasteiger partial charge in [-0.2, -0.15) is 5.10 Å². The molecule has 2 aromatic heterocycles. The van der Waals surface area contributed by atoms with E-state index in [9.17, 15) is 4.79 Å². The van der Waals surface area contributed by atoms with Gasteiger partial charge in [0.15, 0.2) is 0 Å². The van der Waals surface area contributed by atoms with E-state index in [4.69, 9.17) is 14.0 Å². The first-order valence-electron chi connectivity index (χ1n) is 8.02. The molecule has 2 atom stereocenters. The van der Waals surface area contributed by atoms with Crippen molar-refractivity contribution in [3.05, 3.63) is 30.7 Å². The molecule has 0 aliphatic carbocycles. The Morgan fingerprint density at radius 1 is 1.46 bits per heavy atom. The average molecular weight is 333 g/mol. The standard InChI is InChI=1S/C15H19N5O4/c21-14(13-2-4-18-24-13)19-5-6-22-9-15(8-19)3-1-12(23-15)7-20-11-16-10-17-20/h2,4,10-12H,1,3,5-9H2/t12-,15+/m1/s1. The van der Waals surface area contributed by atoms with Crippen LogP contribution in [0.15, 0.2) is 29.4 Å². The molecule has 24 heavy (non-hydrogen) atoms. The van der Waals surface area contributed by atoms with Crippen LogP contribution < -0.4 is 0 Å². The van der Waals surface area contributed by atoms with Gasteiger partial charge in [-0.05, 0) is 12.8 Å². The second-order valence-electron chi connectivity index (χ2n) is 6.24. The fraction of sp³-hybridized carbons (Fsp3) is 0.600. The fourth-order valence-corrected chi connectivity index (χ4v) is 3.34. The highest BCUT2D eigenvalue weighted by Gasteiger charge is 2.44. The highest BCUT2D eigenvalue weighted by Crippen LogP contribution is 2.34. The predicted octanol–water partition coefficient (Wildman–Crippen LogP) is 0.356. The van der Waals surface area contributed by atoms with Crippen molar-refractivity contribution < 1.29 is 18.8 Å². The van der Waals surface area contributed by atoms with Gasteiger partial charge in [-0.25, -0.2) is 4.98 Å². The minimum Gasteiger partial charge on any atom is -0.377 e. The molecule has 128 valence electrons. The summed E-state index contributed by atoms with van der Waals surface area (Å²) in [6.07, 6.45) is 6.43. The number of amides is 1. The number of rotatable bonds is 3. The summed E-state index contributed by atoms with van der Waals surface area (Å²) in [6, 6.07) is 1.57. The highest BCUT2D eigenvalue weighted by molar-refractivity contribution is 5.91. The molecule has 9 heteroatoms. The molecule has 2 fully saturated rings. The summed E-state index contributed by atoms with van der Waals surface area (Å²) in [5, 5.41) is 7.72. The Bertz CT molecular complexity index is 674. The summed E-state index contributed by atoms with van der Waals surface area (Å²) in [4.78, 5) is 18.2. The zero-order chi connectivity index (χ0) is 16.4.